The minimum absolute atomic E-state index is 0.0790. The molecule has 1 aliphatic heterocycles. The lowest BCUT2D eigenvalue weighted by Gasteiger charge is -2.36. The first-order chi connectivity index (χ1) is 20.6. The van der Waals surface area contributed by atoms with Gasteiger partial charge in [-0.25, -0.2) is 0 Å². The molecule has 0 aromatic heterocycles. The molecule has 0 saturated carbocycles. The maximum atomic E-state index is 13.3. The van der Waals surface area contributed by atoms with E-state index in [0.717, 1.165) is 31.5 Å². The molecule has 0 spiro atoms. The second-order valence-corrected chi connectivity index (χ2v) is 10.7. The number of carbonyl (C=O) groups excluding carboxylic acids is 3. The molecule has 1 aromatic carbocycles. The van der Waals surface area contributed by atoms with Gasteiger partial charge >= 0.3 is 0 Å². The van der Waals surface area contributed by atoms with Gasteiger partial charge < -0.3 is 27.0 Å². The van der Waals surface area contributed by atoms with Gasteiger partial charge in [0.15, 0.2) is 5.78 Å². The van der Waals surface area contributed by atoms with Crippen LogP contribution in [0.1, 0.15) is 83.8 Å². The summed E-state index contributed by atoms with van der Waals surface area (Å²) in [5.41, 5.74) is 13.6. The Morgan fingerprint density at radius 3 is 2.12 bits per heavy atom. The van der Waals surface area contributed by atoms with Crippen LogP contribution in [0.2, 0.25) is 0 Å². The lowest BCUT2D eigenvalue weighted by molar-refractivity contribution is -0.130. The quantitative estimate of drug-likeness (QED) is 0.157. The van der Waals surface area contributed by atoms with Crippen LogP contribution in [0.5, 0.6) is 0 Å². The summed E-state index contributed by atoms with van der Waals surface area (Å²) in [5, 5.41) is 6.27. The van der Waals surface area contributed by atoms with Crippen LogP contribution in [-0.4, -0.2) is 47.7 Å². The zero-order valence-corrected chi connectivity index (χ0v) is 26.9. The average Bonchev–Trinajstić information content (AvgIpc) is 3.62. The van der Waals surface area contributed by atoms with Crippen LogP contribution in [0, 0.1) is 18.3 Å². The Morgan fingerprint density at radius 2 is 1.65 bits per heavy atom. The number of rotatable bonds is 12. The number of likely N-dealkylation sites (tertiary alicyclic amines) is 1. The number of Topliss-reactive ketones (excluding diaryl/α,β-unsaturated/α-hetero) is 1. The summed E-state index contributed by atoms with van der Waals surface area (Å²) in [5.74, 6) is 2.94. The molecular formula is C35H55N5O3. The number of hydrogen-bond acceptors (Lipinski definition) is 6. The highest BCUT2D eigenvalue weighted by atomic mass is 16.2. The summed E-state index contributed by atoms with van der Waals surface area (Å²) >= 11 is 0. The Hall–Kier alpha value is -3.99. The first-order valence-corrected chi connectivity index (χ1v) is 15.4. The maximum absolute atomic E-state index is 13.3. The van der Waals surface area contributed by atoms with Crippen molar-refractivity contribution < 1.29 is 14.4 Å². The summed E-state index contributed by atoms with van der Waals surface area (Å²) in [7, 11) is 0. The highest BCUT2D eigenvalue weighted by molar-refractivity contribution is 5.91. The Labute approximate surface area is 260 Å². The van der Waals surface area contributed by atoms with Crippen LogP contribution >= 0.6 is 0 Å². The van der Waals surface area contributed by atoms with Crippen LogP contribution in [0.3, 0.4) is 0 Å². The molecule has 1 fully saturated rings. The van der Waals surface area contributed by atoms with Gasteiger partial charge in [0.2, 0.25) is 12.3 Å². The predicted octanol–water partition coefficient (Wildman–Crippen LogP) is 4.75. The van der Waals surface area contributed by atoms with Crippen LogP contribution in [0.4, 0.5) is 0 Å². The fourth-order valence-corrected chi connectivity index (χ4v) is 5.16. The molecule has 3 atom stereocenters. The molecule has 1 aliphatic carbocycles. The van der Waals surface area contributed by atoms with Crippen molar-refractivity contribution in [3.63, 3.8) is 0 Å². The molecule has 8 heteroatoms. The number of terminal acetylenes is 1. The number of benzene rings is 1. The third-order valence-corrected chi connectivity index (χ3v) is 6.81. The molecule has 6 N–H and O–H groups in total. The van der Waals surface area contributed by atoms with Gasteiger partial charge in [-0.2, -0.15) is 0 Å². The third-order valence-electron chi connectivity index (χ3n) is 6.81. The number of nitrogens with one attached hydrogen (secondary N) is 2. The summed E-state index contributed by atoms with van der Waals surface area (Å²) in [6.07, 6.45) is 14.1. The van der Waals surface area contributed by atoms with E-state index in [0.29, 0.717) is 25.1 Å². The monoisotopic (exact) mass is 593 g/mol. The molecular weight excluding hydrogens is 538 g/mol. The minimum Gasteiger partial charge on any atom is -0.386 e. The molecule has 0 radical (unpaired) electrons. The standard InChI is InChI=1S/C28H36N4O2.2C3H8.CH3NO/c1-5-7-14-24(26(33)11-6-2)31-28(34)25-15-10-16-32(25)19(3)27(30-20(4)29)23-17-21-12-8-9-13-22(21)18-23;2*1-3-2;2-1-3/h1,6,8-9,12-13,23-25,27,30H,2-4,7,10-11,14-18,29H2,(H,31,34);2*3H2,1-2H3;1H,(H2,2,3). The Morgan fingerprint density at radius 1 is 1.12 bits per heavy atom. The number of allylic oxidation sites excluding steroid dienone is 1. The molecule has 0 bridgehead atoms. The molecule has 1 saturated heterocycles. The Bertz CT molecular complexity index is 1050. The van der Waals surface area contributed by atoms with Crippen LogP contribution in [0.25, 0.3) is 0 Å². The van der Waals surface area contributed by atoms with Crippen molar-refractivity contribution >= 4 is 18.1 Å². The summed E-state index contributed by atoms with van der Waals surface area (Å²) in [6.45, 7) is 21.1. The van der Waals surface area contributed by atoms with Gasteiger partial charge in [0.1, 0.15) is 6.04 Å². The number of amides is 2. The van der Waals surface area contributed by atoms with Crippen LogP contribution in [0.15, 0.2) is 61.6 Å². The molecule has 8 nitrogen and oxygen atoms in total. The van der Waals surface area contributed by atoms with E-state index in [1.807, 2.05) is 0 Å². The van der Waals surface area contributed by atoms with Crippen molar-refractivity contribution in [3.8, 4) is 12.3 Å². The zero-order chi connectivity index (χ0) is 32.8. The van der Waals surface area contributed by atoms with Gasteiger partial charge in [-0.1, -0.05) is 84.0 Å². The van der Waals surface area contributed by atoms with E-state index in [2.05, 4.69) is 98.9 Å². The van der Waals surface area contributed by atoms with E-state index in [9.17, 15) is 9.59 Å². The molecule has 3 rings (SSSR count). The summed E-state index contributed by atoms with van der Waals surface area (Å²) in [4.78, 5) is 36.5. The van der Waals surface area contributed by atoms with Gasteiger partial charge in [0.25, 0.3) is 0 Å². The number of fused-ring (bicyclic) bond motifs is 1. The second kappa shape index (κ2) is 22.6. The van der Waals surface area contributed by atoms with Crippen molar-refractivity contribution in [2.75, 3.05) is 6.54 Å². The molecule has 1 heterocycles. The minimum atomic E-state index is -0.612. The van der Waals surface area contributed by atoms with Crippen molar-refractivity contribution in [1.82, 2.24) is 15.5 Å². The Kier molecular flexibility index (Phi) is 20.5. The maximum Gasteiger partial charge on any atom is 0.243 e. The predicted molar refractivity (Wildman–Crippen MR) is 178 cm³/mol. The van der Waals surface area contributed by atoms with Crippen molar-refractivity contribution in [1.29, 1.82) is 0 Å². The highest BCUT2D eigenvalue weighted by Crippen LogP contribution is 2.34. The zero-order valence-electron chi connectivity index (χ0n) is 26.9. The smallest absolute Gasteiger partial charge is 0.243 e. The largest absolute Gasteiger partial charge is 0.386 e. The molecule has 2 amide bonds. The van der Waals surface area contributed by atoms with E-state index in [4.69, 9.17) is 17.0 Å². The highest BCUT2D eigenvalue weighted by Gasteiger charge is 2.38. The van der Waals surface area contributed by atoms with Gasteiger partial charge in [0.05, 0.1) is 17.9 Å². The van der Waals surface area contributed by atoms with E-state index in [1.165, 1.54) is 24.0 Å². The number of ketones is 1. The first-order valence-electron chi connectivity index (χ1n) is 15.4. The fraction of sp³-hybridized carbons (Fsp3) is 0.514. The van der Waals surface area contributed by atoms with Crippen molar-refractivity contribution in [3.05, 3.63) is 72.7 Å². The molecule has 1 aromatic rings. The Balaban J connectivity index is 0.00000174. The number of carbonyl (C=O) groups is 3. The van der Waals surface area contributed by atoms with E-state index in [-0.39, 0.29) is 36.5 Å². The lowest BCUT2D eigenvalue weighted by Crippen LogP contribution is -2.52. The topological polar surface area (TPSA) is 131 Å². The lowest BCUT2D eigenvalue weighted by atomic mass is 9.93. The third kappa shape index (κ3) is 13.7. The van der Waals surface area contributed by atoms with Crippen LogP contribution in [-0.2, 0) is 27.2 Å². The van der Waals surface area contributed by atoms with E-state index in [1.54, 1.807) is 6.08 Å². The number of nitrogens with zero attached hydrogens (tertiary/aromatic N) is 1. The van der Waals surface area contributed by atoms with Crippen LogP contribution < -0.4 is 22.1 Å². The second-order valence-electron chi connectivity index (χ2n) is 10.7. The summed E-state index contributed by atoms with van der Waals surface area (Å²) < 4.78 is 0. The van der Waals surface area contributed by atoms with E-state index >= 15 is 0 Å². The molecule has 238 valence electrons. The normalized spacial score (nSPS) is 16.1. The number of primary amides is 1. The van der Waals surface area contributed by atoms with Gasteiger partial charge in [-0.15, -0.1) is 18.9 Å². The summed E-state index contributed by atoms with van der Waals surface area (Å²) in [6, 6.07) is 7.30. The first kappa shape index (κ1) is 39.0. The fourth-order valence-electron chi connectivity index (χ4n) is 5.16. The van der Waals surface area contributed by atoms with Gasteiger partial charge in [0, 0.05) is 25.1 Å². The SMILES string of the molecule is C#CCCC(NC(=O)C1CCCN1C(=C)C(NC(=C)N)C1Cc2ccccc2C1)C(=O)CC=C.CCC.CCC.NC=O. The molecule has 43 heavy (non-hydrogen) atoms. The molecule has 2 aliphatic rings. The number of nitrogens with two attached hydrogens (primary N) is 2. The van der Waals surface area contributed by atoms with Gasteiger partial charge in [-0.3, -0.25) is 14.4 Å². The van der Waals surface area contributed by atoms with Gasteiger partial charge in [-0.05, 0) is 49.1 Å². The average molecular weight is 594 g/mol. The van der Waals surface area contributed by atoms with Crippen molar-refractivity contribution in [2.45, 2.75) is 104 Å². The van der Waals surface area contributed by atoms with Crippen molar-refractivity contribution in [2.24, 2.45) is 17.4 Å². The van der Waals surface area contributed by atoms with E-state index < -0.39 is 12.1 Å². The number of hydrogen-bond donors (Lipinski definition) is 4. The molecule has 3 unspecified atom stereocenters.